The van der Waals surface area contributed by atoms with Gasteiger partial charge in [-0.15, -0.1) is 11.3 Å². The molecule has 0 aliphatic carbocycles. The second-order valence-corrected chi connectivity index (χ2v) is 5.86. The summed E-state index contributed by atoms with van der Waals surface area (Å²) in [4.78, 5) is 16.6. The summed E-state index contributed by atoms with van der Waals surface area (Å²) in [5.41, 5.74) is 1.92. The van der Waals surface area contributed by atoms with Crippen LogP contribution in [0.25, 0.3) is 0 Å². The maximum Gasteiger partial charge on any atom is 0.314 e. The first-order valence-electron chi connectivity index (χ1n) is 5.36. The number of amides is 2. The summed E-state index contributed by atoms with van der Waals surface area (Å²) in [7, 11) is 0. The minimum atomic E-state index is -0.0977. The standard InChI is InChI=1S/C11H19N3OS/c1-11(2,3)7-14-10(15)13-5-4-9-6-12-8-16-9/h6,8H,4-5,7H2,1-3H3,(H2,13,14,15). The number of hydrogen-bond donors (Lipinski definition) is 2. The Kier molecular flexibility index (Phi) is 4.73. The molecule has 4 nitrogen and oxygen atoms in total. The maximum atomic E-state index is 11.4. The normalized spacial score (nSPS) is 11.2. The average molecular weight is 241 g/mol. The molecular weight excluding hydrogens is 222 g/mol. The van der Waals surface area contributed by atoms with Crippen LogP contribution in [0, 0.1) is 5.41 Å². The van der Waals surface area contributed by atoms with Crippen molar-refractivity contribution in [2.75, 3.05) is 13.1 Å². The molecule has 0 bridgehead atoms. The van der Waals surface area contributed by atoms with Gasteiger partial charge >= 0.3 is 6.03 Å². The number of nitrogens with zero attached hydrogens (tertiary/aromatic N) is 1. The van der Waals surface area contributed by atoms with Crippen LogP contribution in [0.15, 0.2) is 11.7 Å². The van der Waals surface area contributed by atoms with Gasteiger partial charge in [-0.1, -0.05) is 20.8 Å². The van der Waals surface area contributed by atoms with Gasteiger partial charge in [0.05, 0.1) is 5.51 Å². The molecule has 90 valence electrons. The van der Waals surface area contributed by atoms with Crippen LogP contribution < -0.4 is 10.6 Å². The molecule has 0 spiro atoms. The minimum Gasteiger partial charge on any atom is -0.338 e. The molecule has 16 heavy (non-hydrogen) atoms. The van der Waals surface area contributed by atoms with Crippen LogP contribution >= 0.6 is 11.3 Å². The Balaban J connectivity index is 2.11. The smallest absolute Gasteiger partial charge is 0.314 e. The molecule has 2 N–H and O–H groups in total. The van der Waals surface area contributed by atoms with Crippen molar-refractivity contribution in [3.8, 4) is 0 Å². The van der Waals surface area contributed by atoms with Crippen molar-refractivity contribution in [3.05, 3.63) is 16.6 Å². The third-order valence-electron chi connectivity index (χ3n) is 1.92. The van der Waals surface area contributed by atoms with Crippen molar-refractivity contribution in [2.45, 2.75) is 27.2 Å². The van der Waals surface area contributed by atoms with Crippen molar-refractivity contribution >= 4 is 17.4 Å². The number of thiazole rings is 1. The van der Waals surface area contributed by atoms with Crippen LogP contribution in [0.3, 0.4) is 0 Å². The van der Waals surface area contributed by atoms with E-state index in [4.69, 9.17) is 0 Å². The van der Waals surface area contributed by atoms with Crippen molar-refractivity contribution < 1.29 is 4.79 Å². The van der Waals surface area contributed by atoms with Gasteiger partial charge in [0.1, 0.15) is 0 Å². The van der Waals surface area contributed by atoms with Gasteiger partial charge in [-0.05, 0) is 5.41 Å². The molecule has 0 aliphatic rings. The Morgan fingerprint density at radius 3 is 2.75 bits per heavy atom. The number of nitrogens with one attached hydrogen (secondary N) is 2. The summed E-state index contributed by atoms with van der Waals surface area (Å²) in [5.74, 6) is 0. The molecule has 2 amide bonds. The molecule has 0 atom stereocenters. The Hall–Kier alpha value is -1.10. The van der Waals surface area contributed by atoms with E-state index < -0.39 is 0 Å². The van der Waals surface area contributed by atoms with E-state index in [0.717, 1.165) is 6.42 Å². The first kappa shape index (κ1) is 13.0. The predicted molar refractivity (Wildman–Crippen MR) is 66.7 cm³/mol. The van der Waals surface area contributed by atoms with Gasteiger partial charge in [-0.3, -0.25) is 4.98 Å². The topological polar surface area (TPSA) is 54.0 Å². The highest BCUT2D eigenvalue weighted by Crippen LogP contribution is 2.09. The molecule has 5 heteroatoms. The SMILES string of the molecule is CC(C)(C)CNC(=O)NCCc1cncs1. The highest BCUT2D eigenvalue weighted by Gasteiger charge is 2.11. The lowest BCUT2D eigenvalue weighted by molar-refractivity contribution is 0.235. The molecule has 0 radical (unpaired) electrons. The maximum absolute atomic E-state index is 11.4. The van der Waals surface area contributed by atoms with E-state index in [2.05, 4.69) is 36.4 Å². The number of carbonyl (C=O) groups is 1. The van der Waals surface area contributed by atoms with E-state index in [1.807, 2.05) is 6.20 Å². The van der Waals surface area contributed by atoms with Gasteiger partial charge < -0.3 is 10.6 Å². The monoisotopic (exact) mass is 241 g/mol. The van der Waals surface area contributed by atoms with Crippen molar-refractivity contribution in [2.24, 2.45) is 5.41 Å². The second-order valence-electron chi connectivity index (χ2n) is 4.89. The summed E-state index contributed by atoms with van der Waals surface area (Å²) in [6, 6.07) is -0.0977. The van der Waals surface area contributed by atoms with Crippen molar-refractivity contribution in [1.29, 1.82) is 0 Å². The zero-order valence-electron chi connectivity index (χ0n) is 10.0. The molecule has 1 aromatic rings. The Labute approximate surface area is 100 Å². The Morgan fingerprint density at radius 1 is 1.44 bits per heavy atom. The highest BCUT2D eigenvalue weighted by molar-refractivity contribution is 7.09. The van der Waals surface area contributed by atoms with Crippen LogP contribution in [0.2, 0.25) is 0 Å². The number of aromatic nitrogens is 1. The van der Waals surface area contributed by atoms with Crippen molar-refractivity contribution in [3.63, 3.8) is 0 Å². The number of urea groups is 1. The lowest BCUT2D eigenvalue weighted by Crippen LogP contribution is -2.40. The Morgan fingerprint density at radius 2 is 2.19 bits per heavy atom. The van der Waals surface area contributed by atoms with Crippen LogP contribution in [0.5, 0.6) is 0 Å². The lowest BCUT2D eigenvalue weighted by atomic mass is 9.97. The zero-order chi connectivity index (χ0) is 12.0. The summed E-state index contributed by atoms with van der Waals surface area (Å²) in [6.07, 6.45) is 2.67. The fourth-order valence-corrected chi connectivity index (χ4v) is 1.67. The molecule has 1 aromatic heterocycles. The summed E-state index contributed by atoms with van der Waals surface area (Å²) in [6.45, 7) is 7.59. The van der Waals surface area contributed by atoms with Gasteiger partial charge in [0, 0.05) is 30.6 Å². The van der Waals surface area contributed by atoms with Crippen LogP contribution in [0.4, 0.5) is 4.79 Å². The number of rotatable bonds is 4. The molecule has 0 fully saturated rings. The molecule has 0 aliphatic heterocycles. The second kappa shape index (κ2) is 5.84. The fourth-order valence-electron chi connectivity index (χ4n) is 1.07. The number of carbonyl (C=O) groups excluding carboxylic acids is 1. The van der Waals surface area contributed by atoms with Gasteiger partial charge in [0.25, 0.3) is 0 Å². The van der Waals surface area contributed by atoms with Crippen LogP contribution in [0.1, 0.15) is 25.6 Å². The average Bonchev–Trinajstić information content (AvgIpc) is 2.66. The first-order valence-corrected chi connectivity index (χ1v) is 6.24. The van der Waals surface area contributed by atoms with E-state index >= 15 is 0 Å². The molecule has 0 saturated carbocycles. The third-order valence-corrected chi connectivity index (χ3v) is 2.76. The van der Waals surface area contributed by atoms with Gasteiger partial charge in [0.15, 0.2) is 0 Å². The van der Waals surface area contributed by atoms with Crippen LogP contribution in [-0.2, 0) is 6.42 Å². The predicted octanol–water partition coefficient (Wildman–Crippen LogP) is 2.03. The van der Waals surface area contributed by atoms with Gasteiger partial charge in [-0.2, -0.15) is 0 Å². The van der Waals surface area contributed by atoms with E-state index in [9.17, 15) is 4.79 Å². The fraction of sp³-hybridized carbons (Fsp3) is 0.636. The number of hydrogen-bond acceptors (Lipinski definition) is 3. The summed E-state index contributed by atoms with van der Waals surface area (Å²) >= 11 is 1.61. The molecule has 0 saturated heterocycles. The van der Waals surface area contributed by atoms with Gasteiger partial charge in [-0.25, -0.2) is 4.79 Å². The third kappa shape index (κ3) is 5.70. The van der Waals surface area contributed by atoms with E-state index in [0.29, 0.717) is 13.1 Å². The van der Waals surface area contributed by atoms with Gasteiger partial charge in [0.2, 0.25) is 0 Å². The molecule has 0 aromatic carbocycles. The molecule has 0 unspecified atom stereocenters. The van der Waals surface area contributed by atoms with E-state index in [1.165, 1.54) is 4.88 Å². The largest absolute Gasteiger partial charge is 0.338 e. The lowest BCUT2D eigenvalue weighted by Gasteiger charge is -2.18. The van der Waals surface area contributed by atoms with Crippen LogP contribution in [-0.4, -0.2) is 24.1 Å². The zero-order valence-corrected chi connectivity index (χ0v) is 10.9. The summed E-state index contributed by atoms with van der Waals surface area (Å²) in [5, 5.41) is 5.66. The molecule has 1 heterocycles. The molecule has 1 rings (SSSR count). The van der Waals surface area contributed by atoms with E-state index in [1.54, 1.807) is 16.8 Å². The highest BCUT2D eigenvalue weighted by atomic mass is 32.1. The first-order chi connectivity index (χ1) is 7.47. The minimum absolute atomic E-state index is 0.0977. The quantitative estimate of drug-likeness (QED) is 0.847. The van der Waals surface area contributed by atoms with E-state index in [-0.39, 0.29) is 11.4 Å². The summed E-state index contributed by atoms with van der Waals surface area (Å²) < 4.78 is 0. The molecular formula is C11H19N3OS. The van der Waals surface area contributed by atoms with Crippen molar-refractivity contribution in [1.82, 2.24) is 15.6 Å². The Bertz CT molecular complexity index is 316.